The average molecular weight is 698 g/mol. The first kappa shape index (κ1) is 47.3. The molecule has 0 aliphatic heterocycles. The SMILES string of the molecule is CC(C)CCCC(C)CCOC(=O)CCCCCCCP(CCCCCCCC(=O)OCCC(C)CCCC(C)C)CCCCN(C)C. The molecule has 0 bridgehead atoms. The van der Waals surface area contributed by atoms with Crippen LogP contribution in [0.25, 0.3) is 0 Å². The Kier molecular flexibility index (Phi) is 33.0. The van der Waals surface area contributed by atoms with Crippen molar-refractivity contribution < 1.29 is 19.1 Å². The number of ether oxygens (including phenoxy) is 2. The van der Waals surface area contributed by atoms with E-state index in [0.29, 0.717) is 37.9 Å². The van der Waals surface area contributed by atoms with Gasteiger partial charge in [0.25, 0.3) is 0 Å². The second-order valence-corrected chi connectivity index (χ2v) is 18.9. The Labute approximate surface area is 302 Å². The van der Waals surface area contributed by atoms with Gasteiger partial charge in [-0.3, -0.25) is 9.59 Å². The highest BCUT2D eigenvalue weighted by Gasteiger charge is 2.11. The maximum absolute atomic E-state index is 12.1. The zero-order chi connectivity index (χ0) is 35.8. The molecule has 0 rings (SSSR count). The van der Waals surface area contributed by atoms with E-state index in [0.717, 1.165) is 50.4 Å². The first-order valence-electron chi connectivity index (χ1n) is 20.7. The summed E-state index contributed by atoms with van der Waals surface area (Å²) in [4.78, 5) is 26.6. The molecule has 0 aromatic carbocycles. The average Bonchev–Trinajstić information content (AvgIpc) is 3.01. The predicted octanol–water partition coefficient (Wildman–Crippen LogP) is 12.3. The molecule has 0 N–H and O–H groups in total. The Bertz CT molecular complexity index is 676. The lowest BCUT2D eigenvalue weighted by Gasteiger charge is -2.18. The van der Waals surface area contributed by atoms with Gasteiger partial charge in [-0.2, -0.15) is 0 Å². The van der Waals surface area contributed by atoms with Crippen molar-refractivity contribution in [2.24, 2.45) is 23.7 Å². The summed E-state index contributed by atoms with van der Waals surface area (Å²) in [6.45, 7) is 16.1. The number of nitrogens with zero attached hydrogens (tertiary/aromatic N) is 1. The number of rotatable bonds is 35. The van der Waals surface area contributed by atoms with E-state index in [1.165, 1.54) is 115 Å². The molecule has 0 spiro atoms. The summed E-state index contributed by atoms with van der Waals surface area (Å²) in [6.07, 6.45) is 29.7. The molecular formula is C42H84NO4P. The van der Waals surface area contributed by atoms with Gasteiger partial charge in [0.2, 0.25) is 0 Å². The highest BCUT2D eigenvalue weighted by atomic mass is 31.1. The van der Waals surface area contributed by atoms with Crippen molar-refractivity contribution in [2.45, 2.75) is 183 Å². The van der Waals surface area contributed by atoms with Crippen LogP contribution in [0.5, 0.6) is 0 Å². The second kappa shape index (κ2) is 33.5. The summed E-state index contributed by atoms with van der Waals surface area (Å²) < 4.78 is 11.0. The normalized spacial score (nSPS) is 13.7. The minimum absolute atomic E-state index is 0.00141. The highest BCUT2D eigenvalue weighted by Crippen LogP contribution is 2.39. The van der Waals surface area contributed by atoms with E-state index in [1.807, 2.05) is 0 Å². The minimum Gasteiger partial charge on any atom is -0.466 e. The molecule has 0 amide bonds. The fourth-order valence-electron chi connectivity index (χ4n) is 6.30. The van der Waals surface area contributed by atoms with Gasteiger partial charge in [-0.15, -0.1) is 7.92 Å². The third kappa shape index (κ3) is 35.2. The number of hydrogen-bond acceptors (Lipinski definition) is 5. The second-order valence-electron chi connectivity index (χ2n) is 16.3. The van der Waals surface area contributed by atoms with Crippen molar-refractivity contribution in [3.63, 3.8) is 0 Å². The molecule has 0 radical (unpaired) electrons. The van der Waals surface area contributed by atoms with Crippen LogP contribution in [0.15, 0.2) is 0 Å². The third-order valence-corrected chi connectivity index (χ3v) is 12.6. The number of hydrogen-bond donors (Lipinski definition) is 0. The van der Waals surface area contributed by atoms with Crippen LogP contribution in [0.3, 0.4) is 0 Å². The Morgan fingerprint density at radius 1 is 0.479 bits per heavy atom. The van der Waals surface area contributed by atoms with Gasteiger partial charge >= 0.3 is 11.9 Å². The van der Waals surface area contributed by atoms with E-state index in [9.17, 15) is 9.59 Å². The first-order chi connectivity index (χ1) is 23.0. The van der Waals surface area contributed by atoms with Gasteiger partial charge in [-0.25, -0.2) is 0 Å². The third-order valence-electron chi connectivity index (χ3n) is 9.74. The van der Waals surface area contributed by atoms with Gasteiger partial charge in [-0.05, 0) is 114 Å². The molecule has 0 aromatic heterocycles. The van der Waals surface area contributed by atoms with E-state index >= 15 is 0 Å². The lowest BCUT2D eigenvalue weighted by molar-refractivity contribution is -0.145. The van der Waals surface area contributed by atoms with Crippen LogP contribution in [0.2, 0.25) is 0 Å². The molecule has 6 heteroatoms. The van der Waals surface area contributed by atoms with Crippen molar-refractivity contribution in [1.29, 1.82) is 0 Å². The van der Waals surface area contributed by atoms with E-state index in [-0.39, 0.29) is 19.9 Å². The Balaban J connectivity index is 3.98. The number of unbranched alkanes of at least 4 members (excludes halogenated alkanes) is 9. The molecule has 0 fully saturated rings. The lowest BCUT2D eigenvalue weighted by Crippen LogP contribution is -2.13. The maximum Gasteiger partial charge on any atom is 0.305 e. The van der Waals surface area contributed by atoms with Crippen molar-refractivity contribution in [2.75, 3.05) is 52.3 Å². The zero-order valence-corrected chi connectivity index (χ0v) is 34.5. The lowest BCUT2D eigenvalue weighted by atomic mass is 9.98. The summed E-state index contributed by atoms with van der Waals surface area (Å²) in [5.41, 5.74) is 0. The van der Waals surface area contributed by atoms with Gasteiger partial charge in [0.15, 0.2) is 0 Å². The highest BCUT2D eigenvalue weighted by molar-refractivity contribution is 7.57. The Morgan fingerprint density at radius 3 is 1.25 bits per heavy atom. The Morgan fingerprint density at radius 2 is 0.854 bits per heavy atom. The summed E-state index contributed by atoms with van der Waals surface area (Å²) >= 11 is 0. The van der Waals surface area contributed by atoms with E-state index in [2.05, 4.69) is 60.5 Å². The quantitative estimate of drug-likeness (QED) is 0.0375. The van der Waals surface area contributed by atoms with Crippen LogP contribution in [-0.2, 0) is 19.1 Å². The first-order valence-corrected chi connectivity index (χ1v) is 22.6. The van der Waals surface area contributed by atoms with Crippen molar-refractivity contribution in [1.82, 2.24) is 4.90 Å². The van der Waals surface area contributed by atoms with E-state index in [1.54, 1.807) is 0 Å². The van der Waals surface area contributed by atoms with Gasteiger partial charge in [0, 0.05) is 12.8 Å². The van der Waals surface area contributed by atoms with E-state index in [4.69, 9.17) is 9.47 Å². The number of carbonyl (C=O) groups excluding carboxylic acids is 2. The molecule has 0 aliphatic carbocycles. The van der Waals surface area contributed by atoms with Crippen molar-refractivity contribution in [3.8, 4) is 0 Å². The van der Waals surface area contributed by atoms with Crippen LogP contribution in [-0.4, -0.2) is 69.2 Å². The van der Waals surface area contributed by atoms with E-state index < -0.39 is 0 Å². The van der Waals surface area contributed by atoms with Gasteiger partial charge < -0.3 is 14.4 Å². The standard InChI is InChI=1S/C42H84NO4P/c1-37(2)23-21-25-39(5)29-32-46-41(44)27-15-11-9-13-18-34-48(36-20-17-31-43(7)8)35-19-14-10-12-16-28-42(45)47-33-30-40(6)26-22-24-38(3)4/h37-40H,9-36H2,1-8H3. The summed E-state index contributed by atoms with van der Waals surface area (Å²) in [6, 6.07) is 0. The van der Waals surface area contributed by atoms with Gasteiger partial charge in [-0.1, -0.05) is 119 Å². The molecule has 48 heavy (non-hydrogen) atoms. The van der Waals surface area contributed by atoms with Crippen LogP contribution in [0.1, 0.15) is 183 Å². The van der Waals surface area contributed by atoms with Crippen LogP contribution in [0, 0.1) is 23.7 Å². The Hall–Kier alpha value is -0.670. The topological polar surface area (TPSA) is 55.8 Å². The van der Waals surface area contributed by atoms with Gasteiger partial charge in [0.1, 0.15) is 0 Å². The fourth-order valence-corrected chi connectivity index (χ4v) is 8.98. The smallest absolute Gasteiger partial charge is 0.305 e. The summed E-state index contributed by atoms with van der Waals surface area (Å²) in [5, 5.41) is 0. The molecule has 0 aromatic rings. The summed E-state index contributed by atoms with van der Waals surface area (Å²) in [7, 11) is 4.48. The van der Waals surface area contributed by atoms with Crippen LogP contribution < -0.4 is 0 Å². The number of esters is 2. The molecule has 2 atom stereocenters. The van der Waals surface area contributed by atoms with Crippen LogP contribution >= 0.6 is 7.92 Å². The largest absolute Gasteiger partial charge is 0.466 e. The van der Waals surface area contributed by atoms with Crippen LogP contribution in [0.4, 0.5) is 0 Å². The predicted molar refractivity (Wildman–Crippen MR) is 212 cm³/mol. The molecule has 5 nitrogen and oxygen atoms in total. The molecule has 2 unspecified atom stereocenters. The molecular weight excluding hydrogens is 613 g/mol. The zero-order valence-electron chi connectivity index (χ0n) is 33.6. The molecule has 0 aliphatic rings. The van der Waals surface area contributed by atoms with Gasteiger partial charge in [0.05, 0.1) is 13.2 Å². The molecule has 0 saturated heterocycles. The number of carbonyl (C=O) groups is 2. The molecule has 286 valence electrons. The fraction of sp³-hybridized carbons (Fsp3) is 0.952. The monoisotopic (exact) mass is 698 g/mol. The maximum atomic E-state index is 12.1. The van der Waals surface area contributed by atoms with Crippen molar-refractivity contribution >= 4 is 19.9 Å². The van der Waals surface area contributed by atoms with Crippen molar-refractivity contribution in [3.05, 3.63) is 0 Å². The minimum atomic E-state index is -0.00141. The molecule has 0 saturated carbocycles. The molecule has 0 heterocycles. The summed E-state index contributed by atoms with van der Waals surface area (Å²) in [5.74, 6) is 2.84.